The Bertz CT molecular complexity index is 1050. The number of carbonyl (C=O) groups is 1. The second-order valence-electron chi connectivity index (χ2n) is 7.53. The SMILES string of the molecule is CCc1cccc(CC2CN(c3ccc(OC)cc3)c3cc(Cl)ccc3NC2=O)c1. The standard InChI is InChI=1S/C25H25ClN2O2/c1-3-17-5-4-6-18(13-17)14-19-16-28(21-8-10-22(30-2)11-9-21)24-15-20(26)7-12-23(24)27-25(19)29/h4-13,15,19H,3,14,16H2,1-2H3,(H,27,29). The summed E-state index contributed by atoms with van der Waals surface area (Å²) in [6, 6.07) is 21.9. The molecule has 1 aliphatic heterocycles. The largest absolute Gasteiger partial charge is 0.497 e. The smallest absolute Gasteiger partial charge is 0.229 e. The number of anilines is 3. The normalized spacial score (nSPS) is 15.9. The number of hydrogen-bond donors (Lipinski definition) is 1. The van der Waals surface area contributed by atoms with Gasteiger partial charge in [-0.3, -0.25) is 4.79 Å². The van der Waals surface area contributed by atoms with E-state index in [2.05, 4.69) is 41.4 Å². The molecule has 4 rings (SSSR count). The van der Waals surface area contributed by atoms with Gasteiger partial charge in [0.25, 0.3) is 0 Å². The van der Waals surface area contributed by atoms with Crippen LogP contribution in [0.15, 0.2) is 66.7 Å². The van der Waals surface area contributed by atoms with E-state index in [4.69, 9.17) is 16.3 Å². The highest BCUT2D eigenvalue weighted by Gasteiger charge is 2.29. The van der Waals surface area contributed by atoms with Crippen LogP contribution >= 0.6 is 11.6 Å². The van der Waals surface area contributed by atoms with E-state index in [1.54, 1.807) is 13.2 Å². The van der Waals surface area contributed by atoms with Gasteiger partial charge in [0.1, 0.15) is 5.75 Å². The number of fused-ring (bicyclic) bond motifs is 1. The molecule has 5 heteroatoms. The third kappa shape index (κ3) is 4.29. The second kappa shape index (κ2) is 8.80. The number of hydrogen-bond acceptors (Lipinski definition) is 3. The van der Waals surface area contributed by atoms with Gasteiger partial charge in [0, 0.05) is 17.3 Å². The van der Waals surface area contributed by atoms with E-state index in [1.807, 2.05) is 36.4 Å². The molecule has 1 aliphatic rings. The van der Waals surface area contributed by atoms with Crippen LogP contribution in [-0.2, 0) is 17.6 Å². The Morgan fingerprint density at radius 1 is 1.07 bits per heavy atom. The number of rotatable bonds is 5. The maximum absolute atomic E-state index is 13.1. The lowest BCUT2D eigenvalue weighted by atomic mass is 9.96. The number of halogens is 1. The zero-order chi connectivity index (χ0) is 21.1. The van der Waals surface area contributed by atoms with E-state index in [0.29, 0.717) is 18.0 Å². The van der Waals surface area contributed by atoms with Crippen molar-refractivity contribution in [3.8, 4) is 5.75 Å². The molecule has 30 heavy (non-hydrogen) atoms. The van der Waals surface area contributed by atoms with Gasteiger partial charge < -0.3 is 15.0 Å². The number of ether oxygens (including phenoxy) is 1. The Kier molecular flexibility index (Phi) is 5.96. The van der Waals surface area contributed by atoms with Crippen LogP contribution in [0.4, 0.5) is 17.1 Å². The lowest BCUT2D eigenvalue weighted by Gasteiger charge is -2.27. The molecule has 1 N–H and O–H groups in total. The van der Waals surface area contributed by atoms with Crippen molar-refractivity contribution in [2.75, 3.05) is 23.9 Å². The minimum Gasteiger partial charge on any atom is -0.497 e. The van der Waals surface area contributed by atoms with Crippen LogP contribution in [0.2, 0.25) is 5.02 Å². The summed E-state index contributed by atoms with van der Waals surface area (Å²) in [5.74, 6) is 0.615. The van der Waals surface area contributed by atoms with Crippen molar-refractivity contribution in [1.29, 1.82) is 0 Å². The molecule has 3 aromatic carbocycles. The van der Waals surface area contributed by atoms with E-state index >= 15 is 0 Å². The summed E-state index contributed by atoms with van der Waals surface area (Å²) in [6.45, 7) is 2.70. The van der Waals surface area contributed by atoms with Gasteiger partial charge in [0.05, 0.1) is 24.4 Å². The highest BCUT2D eigenvalue weighted by molar-refractivity contribution is 6.31. The van der Waals surface area contributed by atoms with Crippen molar-refractivity contribution in [1.82, 2.24) is 0 Å². The van der Waals surface area contributed by atoms with E-state index in [1.165, 1.54) is 11.1 Å². The third-order valence-electron chi connectivity index (χ3n) is 5.55. The van der Waals surface area contributed by atoms with Crippen LogP contribution in [0.3, 0.4) is 0 Å². The maximum atomic E-state index is 13.1. The van der Waals surface area contributed by atoms with Crippen molar-refractivity contribution in [2.45, 2.75) is 19.8 Å². The van der Waals surface area contributed by atoms with Gasteiger partial charge in [0.15, 0.2) is 0 Å². The highest BCUT2D eigenvalue weighted by atomic mass is 35.5. The molecule has 0 aromatic heterocycles. The number of aryl methyl sites for hydroxylation is 1. The van der Waals surface area contributed by atoms with Gasteiger partial charge in [-0.1, -0.05) is 42.8 Å². The van der Waals surface area contributed by atoms with E-state index in [0.717, 1.165) is 29.2 Å². The van der Waals surface area contributed by atoms with Gasteiger partial charge in [-0.2, -0.15) is 0 Å². The summed E-state index contributed by atoms with van der Waals surface area (Å²) in [4.78, 5) is 15.3. The zero-order valence-electron chi connectivity index (χ0n) is 17.2. The minimum absolute atomic E-state index is 0.0245. The van der Waals surface area contributed by atoms with Gasteiger partial charge in [-0.25, -0.2) is 0 Å². The molecule has 0 aliphatic carbocycles. The monoisotopic (exact) mass is 420 g/mol. The lowest BCUT2D eigenvalue weighted by molar-refractivity contribution is -0.119. The van der Waals surface area contributed by atoms with Gasteiger partial charge >= 0.3 is 0 Å². The second-order valence-corrected chi connectivity index (χ2v) is 7.97. The molecule has 3 aromatic rings. The number of amides is 1. The number of methoxy groups -OCH3 is 1. The maximum Gasteiger partial charge on any atom is 0.229 e. The molecule has 0 bridgehead atoms. The summed E-state index contributed by atoms with van der Waals surface area (Å²) < 4.78 is 5.30. The first-order valence-corrected chi connectivity index (χ1v) is 10.5. The first-order valence-electron chi connectivity index (χ1n) is 10.2. The van der Waals surface area contributed by atoms with E-state index in [-0.39, 0.29) is 11.8 Å². The Morgan fingerprint density at radius 3 is 2.57 bits per heavy atom. The molecule has 0 saturated heterocycles. The molecule has 0 fully saturated rings. The molecule has 0 saturated carbocycles. The van der Waals surface area contributed by atoms with Crippen molar-refractivity contribution in [3.63, 3.8) is 0 Å². The van der Waals surface area contributed by atoms with Crippen LogP contribution in [0, 0.1) is 5.92 Å². The average Bonchev–Trinajstić information content (AvgIpc) is 2.90. The summed E-state index contributed by atoms with van der Waals surface area (Å²) >= 11 is 6.31. The van der Waals surface area contributed by atoms with Crippen molar-refractivity contribution < 1.29 is 9.53 Å². The fourth-order valence-corrected chi connectivity index (χ4v) is 4.06. The Balaban J connectivity index is 1.71. The number of nitrogens with zero attached hydrogens (tertiary/aromatic N) is 1. The predicted molar refractivity (Wildman–Crippen MR) is 123 cm³/mol. The Labute approximate surface area is 182 Å². The van der Waals surface area contributed by atoms with Crippen LogP contribution in [-0.4, -0.2) is 19.6 Å². The van der Waals surface area contributed by atoms with Crippen molar-refractivity contribution in [3.05, 3.63) is 82.9 Å². The summed E-state index contributed by atoms with van der Waals surface area (Å²) in [5, 5.41) is 3.74. The van der Waals surface area contributed by atoms with Crippen molar-refractivity contribution in [2.24, 2.45) is 5.92 Å². The molecule has 4 nitrogen and oxygen atoms in total. The highest BCUT2D eigenvalue weighted by Crippen LogP contribution is 2.38. The molecule has 0 spiro atoms. The van der Waals surface area contributed by atoms with E-state index in [9.17, 15) is 4.79 Å². The van der Waals surface area contributed by atoms with E-state index < -0.39 is 0 Å². The summed E-state index contributed by atoms with van der Waals surface area (Å²) in [5.41, 5.74) is 5.11. The molecular formula is C25H25ClN2O2. The first-order chi connectivity index (χ1) is 14.6. The number of benzene rings is 3. The minimum atomic E-state index is -0.203. The molecular weight excluding hydrogens is 396 g/mol. The van der Waals surface area contributed by atoms with Gasteiger partial charge in [0.2, 0.25) is 5.91 Å². The summed E-state index contributed by atoms with van der Waals surface area (Å²) in [7, 11) is 1.65. The van der Waals surface area contributed by atoms with Gasteiger partial charge in [-0.05, 0) is 66.4 Å². The third-order valence-corrected chi connectivity index (χ3v) is 5.78. The molecule has 1 heterocycles. The quantitative estimate of drug-likeness (QED) is 0.562. The fourth-order valence-electron chi connectivity index (χ4n) is 3.90. The Hall–Kier alpha value is -2.98. The zero-order valence-corrected chi connectivity index (χ0v) is 17.9. The average molecular weight is 421 g/mol. The molecule has 1 unspecified atom stereocenters. The lowest BCUT2D eigenvalue weighted by Crippen LogP contribution is -2.31. The number of carbonyl (C=O) groups excluding carboxylic acids is 1. The fraction of sp³-hybridized carbons (Fsp3) is 0.240. The predicted octanol–water partition coefficient (Wildman–Crippen LogP) is 5.86. The topological polar surface area (TPSA) is 41.6 Å². The van der Waals surface area contributed by atoms with Crippen LogP contribution < -0.4 is 15.0 Å². The summed E-state index contributed by atoms with van der Waals surface area (Å²) in [6.07, 6.45) is 1.65. The Morgan fingerprint density at radius 2 is 1.83 bits per heavy atom. The first kappa shape index (κ1) is 20.3. The van der Waals surface area contributed by atoms with Crippen LogP contribution in [0.1, 0.15) is 18.1 Å². The number of nitrogens with one attached hydrogen (secondary N) is 1. The van der Waals surface area contributed by atoms with Crippen LogP contribution in [0.5, 0.6) is 5.75 Å². The molecule has 154 valence electrons. The van der Waals surface area contributed by atoms with Crippen molar-refractivity contribution >= 4 is 34.6 Å². The molecule has 1 atom stereocenters. The molecule has 0 radical (unpaired) electrons. The van der Waals surface area contributed by atoms with Gasteiger partial charge in [-0.15, -0.1) is 0 Å². The molecule has 1 amide bonds. The van der Waals surface area contributed by atoms with Crippen LogP contribution in [0.25, 0.3) is 0 Å².